The van der Waals surface area contributed by atoms with E-state index in [1.807, 2.05) is 6.07 Å². The molecule has 0 unspecified atom stereocenters. The van der Waals surface area contributed by atoms with Crippen LogP contribution in [0.25, 0.3) is 0 Å². The van der Waals surface area contributed by atoms with E-state index in [0.29, 0.717) is 5.56 Å². The molecule has 0 spiro atoms. The molecule has 0 amide bonds. The van der Waals surface area contributed by atoms with Gasteiger partial charge in [-0.2, -0.15) is 0 Å². The minimum atomic E-state index is -0.896. The summed E-state index contributed by atoms with van der Waals surface area (Å²) in [6, 6.07) is 5.30. The van der Waals surface area contributed by atoms with Gasteiger partial charge in [-0.05, 0) is 50.2 Å². The second-order valence-corrected chi connectivity index (χ2v) is 6.16. The van der Waals surface area contributed by atoms with Crippen LogP contribution in [0.3, 0.4) is 0 Å². The highest BCUT2D eigenvalue weighted by Crippen LogP contribution is 2.52. The Morgan fingerprint density at radius 3 is 2.83 bits per heavy atom. The van der Waals surface area contributed by atoms with E-state index in [4.69, 9.17) is 9.84 Å². The van der Waals surface area contributed by atoms with Gasteiger partial charge in [-0.3, -0.25) is 0 Å². The maximum absolute atomic E-state index is 11.0. The van der Waals surface area contributed by atoms with E-state index in [-0.39, 0.29) is 11.0 Å². The Labute approximate surface area is 107 Å². The average molecular weight is 246 g/mol. The van der Waals surface area contributed by atoms with Gasteiger partial charge in [-0.25, -0.2) is 4.79 Å². The molecule has 1 heterocycles. The lowest BCUT2D eigenvalue weighted by Gasteiger charge is -2.50. The van der Waals surface area contributed by atoms with Gasteiger partial charge in [-0.1, -0.05) is 13.0 Å². The van der Waals surface area contributed by atoms with Crippen LogP contribution in [0.5, 0.6) is 5.75 Å². The molecule has 96 valence electrons. The summed E-state index contributed by atoms with van der Waals surface area (Å²) >= 11 is 0. The van der Waals surface area contributed by atoms with Gasteiger partial charge in [0.05, 0.1) is 5.56 Å². The van der Waals surface area contributed by atoms with Crippen LogP contribution in [0.15, 0.2) is 18.2 Å². The summed E-state index contributed by atoms with van der Waals surface area (Å²) in [7, 11) is 0. The molecule has 1 aromatic rings. The van der Waals surface area contributed by atoms with Crippen LogP contribution < -0.4 is 4.74 Å². The lowest BCUT2D eigenvalue weighted by Crippen LogP contribution is -2.48. The number of carboxylic acid groups (broad SMARTS) is 1. The molecule has 18 heavy (non-hydrogen) atoms. The second-order valence-electron chi connectivity index (χ2n) is 6.16. The minimum absolute atomic E-state index is 0.128. The molecule has 0 aromatic heterocycles. The standard InChI is InChI=1S/C15H18O3/c1-14-6-3-7-15(2,9-14)18-12-8-10(13(16)17)4-5-11(12)14/h4-5,8H,3,6-7,9H2,1-2H3,(H,16,17)/t14-,15+/m1/s1. The van der Waals surface area contributed by atoms with Gasteiger partial charge in [0.25, 0.3) is 0 Å². The van der Waals surface area contributed by atoms with Crippen molar-refractivity contribution in [3.63, 3.8) is 0 Å². The monoisotopic (exact) mass is 246 g/mol. The number of hydrogen-bond donors (Lipinski definition) is 1. The summed E-state index contributed by atoms with van der Waals surface area (Å²) < 4.78 is 6.08. The molecular weight excluding hydrogens is 228 g/mol. The Balaban J connectivity index is 2.13. The highest BCUT2D eigenvalue weighted by atomic mass is 16.5. The zero-order valence-electron chi connectivity index (χ0n) is 10.8. The summed E-state index contributed by atoms with van der Waals surface area (Å²) in [4.78, 5) is 11.0. The third-order valence-electron chi connectivity index (χ3n) is 4.43. The van der Waals surface area contributed by atoms with Crippen molar-refractivity contribution in [1.29, 1.82) is 0 Å². The Morgan fingerprint density at radius 1 is 1.33 bits per heavy atom. The molecule has 1 aromatic carbocycles. The Kier molecular flexibility index (Phi) is 2.25. The minimum Gasteiger partial charge on any atom is -0.487 e. The van der Waals surface area contributed by atoms with Gasteiger partial charge in [0.1, 0.15) is 11.4 Å². The topological polar surface area (TPSA) is 46.5 Å². The molecule has 1 saturated carbocycles. The number of rotatable bonds is 1. The highest BCUT2D eigenvalue weighted by molar-refractivity contribution is 5.88. The first kappa shape index (κ1) is 11.6. The van der Waals surface area contributed by atoms with Gasteiger partial charge >= 0.3 is 5.97 Å². The Bertz CT molecular complexity index is 522. The number of fused-ring (bicyclic) bond motifs is 4. The molecule has 3 heteroatoms. The molecule has 1 fully saturated rings. The molecule has 0 radical (unpaired) electrons. The van der Waals surface area contributed by atoms with Crippen LogP contribution >= 0.6 is 0 Å². The van der Waals surface area contributed by atoms with Gasteiger partial charge < -0.3 is 9.84 Å². The molecular formula is C15H18O3. The predicted octanol–water partition coefficient (Wildman–Crippen LogP) is 3.37. The maximum Gasteiger partial charge on any atom is 0.335 e. The van der Waals surface area contributed by atoms with Crippen LogP contribution in [0.1, 0.15) is 55.5 Å². The van der Waals surface area contributed by atoms with E-state index in [2.05, 4.69) is 13.8 Å². The quantitative estimate of drug-likeness (QED) is 0.826. The van der Waals surface area contributed by atoms with E-state index in [0.717, 1.165) is 25.0 Å². The van der Waals surface area contributed by atoms with Crippen molar-refractivity contribution in [1.82, 2.24) is 0 Å². The first-order valence-corrected chi connectivity index (χ1v) is 6.49. The largest absolute Gasteiger partial charge is 0.487 e. The van der Waals surface area contributed by atoms with Crippen LogP contribution in [0.2, 0.25) is 0 Å². The fourth-order valence-electron chi connectivity index (χ4n) is 3.68. The summed E-state index contributed by atoms with van der Waals surface area (Å²) in [6.07, 6.45) is 4.41. The van der Waals surface area contributed by atoms with Crippen molar-refractivity contribution >= 4 is 5.97 Å². The fraction of sp³-hybridized carbons (Fsp3) is 0.533. The van der Waals surface area contributed by atoms with E-state index < -0.39 is 5.97 Å². The molecule has 2 aliphatic rings. The Hall–Kier alpha value is -1.51. The van der Waals surface area contributed by atoms with Crippen molar-refractivity contribution in [2.24, 2.45) is 0 Å². The van der Waals surface area contributed by atoms with E-state index in [1.54, 1.807) is 12.1 Å². The average Bonchev–Trinajstić information content (AvgIpc) is 2.26. The van der Waals surface area contributed by atoms with Gasteiger partial charge in [0.2, 0.25) is 0 Å². The van der Waals surface area contributed by atoms with Crippen LogP contribution in [-0.4, -0.2) is 16.7 Å². The van der Waals surface area contributed by atoms with E-state index in [9.17, 15) is 4.79 Å². The third-order valence-corrected chi connectivity index (χ3v) is 4.43. The zero-order chi connectivity index (χ0) is 13.0. The van der Waals surface area contributed by atoms with Crippen LogP contribution in [-0.2, 0) is 5.41 Å². The van der Waals surface area contributed by atoms with Gasteiger partial charge in [-0.15, -0.1) is 0 Å². The lowest BCUT2D eigenvalue weighted by atomic mass is 9.64. The van der Waals surface area contributed by atoms with Crippen LogP contribution in [0, 0.1) is 0 Å². The van der Waals surface area contributed by atoms with E-state index in [1.165, 1.54) is 12.0 Å². The SMILES string of the molecule is C[C@]12CCC[C@](C)(C1)c1ccc(C(=O)O)cc1O2. The normalized spacial score (nSPS) is 33.4. The van der Waals surface area contributed by atoms with Crippen molar-refractivity contribution in [2.45, 2.75) is 50.5 Å². The molecule has 2 atom stereocenters. The van der Waals surface area contributed by atoms with Crippen molar-refractivity contribution in [3.8, 4) is 5.75 Å². The molecule has 1 aliphatic heterocycles. The molecule has 3 nitrogen and oxygen atoms in total. The van der Waals surface area contributed by atoms with Crippen LogP contribution in [0.4, 0.5) is 0 Å². The smallest absolute Gasteiger partial charge is 0.335 e. The Morgan fingerprint density at radius 2 is 2.11 bits per heavy atom. The number of aromatic carboxylic acids is 1. The van der Waals surface area contributed by atoms with Crippen molar-refractivity contribution < 1.29 is 14.6 Å². The first-order valence-electron chi connectivity index (χ1n) is 6.49. The van der Waals surface area contributed by atoms with Gasteiger partial charge in [0, 0.05) is 5.56 Å². The lowest BCUT2D eigenvalue weighted by molar-refractivity contribution is -0.00539. The van der Waals surface area contributed by atoms with Crippen molar-refractivity contribution in [3.05, 3.63) is 29.3 Å². The molecule has 2 bridgehead atoms. The number of hydrogen-bond acceptors (Lipinski definition) is 2. The summed E-state index contributed by atoms with van der Waals surface area (Å²) in [5, 5.41) is 9.06. The number of benzene rings is 1. The highest BCUT2D eigenvalue weighted by Gasteiger charge is 2.47. The second kappa shape index (κ2) is 3.50. The third kappa shape index (κ3) is 1.61. The number of carboxylic acids is 1. The molecule has 0 saturated heterocycles. The summed E-state index contributed by atoms with van der Waals surface area (Å²) in [5.41, 5.74) is 1.49. The maximum atomic E-state index is 11.0. The fourth-order valence-corrected chi connectivity index (χ4v) is 3.68. The first-order chi connectivity index (χ1) is 8.42. The van der Waals surface area contributed by atoms with E-state index >= 15 is 0 Å². The molecule has 1 aliphatic carbocycles. The van der Waals surface area contributed by atoms with Crippen molar-refractivity contribution in [2.75, 3.05) is 0 Å². The predicted molar refractivity (Wildman–Crippen MR) is 68.3 cm³/mol. The number of ether oxygens (including phenoxy) is 1. The number of carbonyl (C=O) groups is 1. The molecule has 1 N–H and O–H groups in total. The van der Waals surface area contributed by atoms with Gasteiger partial charge in [0.15, 0.2) is 0 Å². The molecule has 3 rings (SSSR count). The zero-order valence-corrected chi connectivity index (χ0v) is 10.8. The summed E-state index contributed by atoms with van der Waals surface area (Å²) in [5.74, 6) is -0.127. The summed E-state index contributed by atoms with van der Waals surface area (Å²) in [6.45, 7) is 4.41.